The lowest BCUT2D eigenvalue weighted by atomic mass is 9.99. The van der Waals surface area contributed by atoms with Gasteiger partial charge >= 0.3 is 0 Å². The minimum Gasteiger partial charge on any atom is -0.335 e. The van der Waals surface area contributed by atoms with E-state index in [1.807, 2.05) is 65.2 Å². The molecular weight excluding hydrogens is 324 g/mol. The summed E-state index contributed by atoms with van der Waals surface area (Å²) in [6, 6.07) is 17.5. The van der Waals surface area contributed by atoms with Gasteiger partial charge in [-0.15, -0.1) is 0 Å². The van der Waals surface area contributed by atoms with Crippen molar-refractivity contribution in [1.82, 2.24) is 9.30 Å². The number of aromatic nitrogens is 1. The van der Waals surface area contributed by atoms with Crippen LogP contribution in [0.2, 0.25) is 0 Å². The average molecular weight is 346 g/mol. The van der Waals surface area contributed by atoms with Crippen molar-refractivity contribution in [1.29, 1.82) is 0 Å². The number of carbonyl (C=O) groups excluding carboxylic acids is 2. The van der Waals surface area contributed by atoms with Crippen molar-refractivity contribution in [3.8, 4) is 11.1 Å². The van der Waals surface area contributed by atoms with Gasteiger partial charge < -0.3 is 9.30 Å². The monoisotopic (exact) mass is 346 g/mol. The van der Waals surface area contributed by atoms with Crippen molar-refractivity contribution in [2.75, 3.05) is 13.1 Å². The molecule has 4 heteroatoms. The largest absolute Gasteiger partial charge is 0.335 e. The molecule has 3 heterocycles. The maximum Gasteiger partial charge on any atom is 0.296 e. The van der Waals surface area contributed by atoms with E-state index in [0.29, 0.717) is 24.7 Å². The average Bonchev–Trinajstić information content (AvgIpc) is 3.07. The first-order valence-corrected chi connectivity index (χ1v) is 9.14. The van der Waals surface area contributed by atoms with E-state index in [-0.39, 0.29) is 0 Å². The van der Waals surface area contributed by atoms with Gasteiger partial charge in [0, 0.05) is 30.4 Å². The predicted octanol–water partition coefficient (Wildman–Crippen LogP) is 4.05. The van der Waals surface area contributed by atoms with E-state index < -0.39 is 11.7 Å². The number of Topliss-reactive ketones (excluding diaryl/α,β-unsaturated/α-hetero) is 1. The normalized spacial score (nSPS) is 17.4. The maximum absolute atomic E-state index is 13.2. The zero-order valence-corrected chi connectivity index (χ0v) is 14.9. The van der Waals surface area contributed by atoms with Crippen LogP contribution < -0.4 is 0 Å². The number of ketones is 1. The summed E-state index contributed by atoms with van der Waals surface area (Å²) in [6.07, 6.45) is 3.92. The number of piperidine rings is 1. The lowest BCUT2D eigenvalue weighted by Crippen LogP contribution is -2.43. The van der Waals surface area contributed by atoms with Crippen molar-refractivity contribution in [3.05, 3.63) is 66.5 Å². The Labute approximate surface area is 153 Å². The number of carbonyl (C=O) groups is 2. The molecule has 3 aromatic rings. The van der Waals surface area contributed by atoms with Gasteiger partial charge in [-0.1, -0.05) is 43.3 Å². The fourth-order valence-electron chi connectivity index (χ4n) is 3.81. The van der Waals surface area contributed by atoms with Gasteiger partial charge in [-0.05, 0) is 42.5 Å². The molecule has 0 N–H and O–H groups in total. The standard InChI is InChI=1S/C22H22N2O2/c1-16-8-7-12-23(15-16)22(26)21(25)20-19(17-9-3-2-4-10-17)14-18-11-5-6-13-24(18)20/h2-6,9-11,13-14,16H,7-8,12,15H2,1H3. The number of hydrogen-bond donors (Lipinski definition) is 0. The number of fused-ring (bicyclic) bond motifs is 1. The molecule has 1 atom stereocenters. The number of hydrogen-bond acceptors (Lipinski definition) is 2. The van der Waals surface area contributed by atoms with E-state index in [2.05, 4.69) is 6.92 Å². The van der Waals surface area contributed by atoms with Crippen molar-refractivity contribution in [3.63, 3.8) is 0 Å². The van der Waals surface area contributed by atoms with E-state index in [9.17, 15) is 9.59 Å². The first kappa shape index (κ1) is 16.6. The maximum atomic E-state index is 13.2. The van der Waals surface area contributed by atoms with Crippen LogP contribution in [0.15, 0.2) is 60.8 Å². The summed E-state index contributed by atoms with van der Waals surface area (Å²) in [5, 5.41) is 0. The number of likely N-dealkylation sites (tertiary alicyclic amines) is 1. The Hall–Kier alpha value is -2.88. The summed E-state index contributed by atoms with van der Waals surface area (Å²) in [6.45, 7) is 3.46. The number of pyridine rings is 1. The second kappa shape index (κ2) is 6.79. The number of nitrogens with zero attached hydrogens (tertiary/aromatic N) is 2. The van der Waals surface area contributed by atoms with Crippen molar-refractivity contribution in [2.24, 2.45) is 5.92 Å². The van der Waals surface area contributed by atoms with Crippen molar-refractivity contribution >= 4 is 17.2 Å². The van der Waals surface area contributed by atoms with E-state index >= 15 is 0 Å². The molecule has 0 aliphatic carbocycles. The minimum absolute atomic E-state index is 0.391. The molecule has 0 spiro atoms. The minimum atomic E-state index is -0.427. The molecule has 132 valence electrons. The van der Waals surface area contributed by atoms with Crippen molar-refractivity contribution in [2.45, 2.75) is 19.8 Å². The van der Waals surface area contributed by atoms with Crippen LogP contribution in [0, 0.1) is 5.92 Å². The highest BCUT2D eigenvalue weighted by molar-refractivity contribution is 6.43. The van der Waals surface area contributed by atoms with Crippen LogP contribution in [0.3, 0.4) is 0 Å². The zero-order chi connectivity index (χ0) is 18.1. The van der Waals surface area contributed by atoms with Crippen molar-refractivity contribution < 1.29 is 9.59 Å². The van der Waals surface area contributed by atoms with Crippen LogP contribution in [0.1, 0.15) is 30.3 Å². The Morgan fingerprint density at radius 2 is 1.81 bits per heavy atom. The van der Waals surface area contributed by atoms with Gasteiger partial charge in [0.1, 0.15) is 5.69 Å². The molecule has 1 amide bonds. The van der Waals surface area contributed by atoms with Crippen LogP contribution in [0.5, 0.6) is 0 Å². The molecule has 1 aliphatic heterocycles. The van der Waals surface area contributed by atoms with Crippen LogP contribution in [-0.2, 0) is 4.79 Å². The first-order valence-electron chi connectivity index (χ1n) is 9.14. The molecule has 1 aromatic carbocycles. The molecule has 4 nitrogen and oxygen atoms in total. The van der Waals surface area contributed by atoms with E-state index in [4.69, 9.17) is 0 Å². The quantitative estimate of drug-likeness (QED) is 0.530. The van der Waals surface area contributed by atoms with Gasteiger partial charge in [0.25, 0.3) is 11.7 Å². The number of rotatable bonds is 3. The molecule has 1 saturated heterocycles. The van der Waals surface area contributed by atoms with Crippen LogP contribution in [-0.4, -0.2) is 34.1 Å². The Balaban J connectivity index is 1.79. The summed E-state index contributed by atoms with van der Waals surface area (Å²) in [5.74, 6) is -0.375. The molecule has 1 aliphatic rings. The molecule has 0 radical (unpaired) electrons. The highest BCUT2D eigenvalue weighted by Gasteiger charge is 2.30. The highest BCUT2D eigenvalue weighted by Crippen LogP contribution is 2.29. The van der Waals surface area contributed by atoms with Gasteiger partial charge in [-0.25, -0.2) is 0 Å². The van der Waals surface area contributed by atoms with Gasteiger partial charge in [-0.3, -0.25) is 9.59 Å². The summed E-state index contributed by atoms with van der Waals surface area (Å²) >= 11 is 0. The molecule has 0 saturated carbocycles. The fourth-order valence-corrected chi connectivity index (χ4v) is 3.81. The molecule has 1 fully saturated rings. The number of amides is 1. The Kier molecular flexibility index (Phi) is 4.33. The Morgan fingerprint density at radius 3 is 2.58 bits per heavy atom. The Morgan fingerprint density at radius 1 is 1.04 bits per heavy atom. The van der Waals surface area contributed by atoms with Gasteiger partial charge in [0.05, 0.1) is 0 Å². The SMILES string of the molecule is CC1CCCN(C(=O)C(=O)c2c(-c3ccccc3)cc3ccccn23)C1. The predicted molar refractivity (Wildman–Crippen MR) is 102 cm³/mol. The smallest absolute Gasteiger partial charge is 0.296 e. The van der Waals surface area contributed by atoms with Gasteiger partial charge in [0.2, 0.25) is 0 Å². The van der Waals surface area contributed by atoms with Crippen LogP contribution in [0.4, 0.5) is 0 Å². The Bertz CT molecular complexity index is 959. The second-order valence-corrected chi connectivity index (χ2v) is 7.10. The lowest BCUT2D eigenvalue weighted by Gasteiger charge is -2.30. The number of benzene rings is 1. The van der Waals surface area contributed by atoms with E-state index in [1.165, 1.54) is 0 Å². The third-order valence-corrected chi connectivity index (χ3v) is 5.12. The second-order valence-electron chi connectivity index (χ2n) is 7.10. The fraction of sp³-hybridized carbons (Fsp3) is 0.273. The van der Waals surface area contributed by atoms with Crippen LogP contribution in [0.25, 0.3) is 16.6 Å². The first-order chi connectivity index (χ1) is 12.6. The zero-order valence-electron chi connectivity index (χ0n) is 14.9. The van der Waals surface area contributed by atoms with E-state index in [1.54, 1.807) is 4.90 Å². The summed E-state index contributed by atoms with van der Waals surface area (Å²) in [4.78, 5) is 27.9. The van der Waals surface area contributed by atoms with Gasteiger partial charge in [-0.2, -0.15) is 0 Å². The molecule has 2 aromatic heterocycles. The van der Waals surface area contributed by atoms with Crippen LogP contribution >= 0.6 is 0 Å². The molecule has 0 bridgehead atoms. The molecule has 26 heavy (non-hydrogen) atoms. The molecule has 1 unspecified atom stereocenters. The third kappa shape index (κ3) is 2.92. The lowest BCUT2D eigenvalue weighted by molar-refractivity contribution is -0.128. The van der Waals surface area contributed by atoms with E-state index in [0.717, 1.165) is 29.5 Å². The summed E-state index contributed by atoms with van der Waals surface area (Å²) < 4.78 is 1.83. The molecular formula is C22H22N2O2. The third-order valence-electron chi connectivity index (χ3n) is 5.12. The highest BCUT2D eigenvalue weighted by atomic mass is 16.2. The summed E-state index contributed by atoms with van der Waals surface area (Å²) in [7, 11) is 0. The molecule has 4 rings (SSSR count). The topological polar surface area (TPSA) is 41.8 Å². The summed E-state index contributed by atoms with van der Waals surface area (Å²) in [5.41, 5.74) is 3.11. The van der Waals surface area contributed by atoms with Gasteiger partial charge in [0.15, 0.2) is 0 Å².